The molecule has 0 spiro atoms. The minimum Gasteiger partial charge on any atom is -0.380 e. The molecule has 0 unspecified atom stereocenters. The molecule has 1 fully saturated rings. The van der Waals surface area contributed by atoms with Gasteiger partial charge < -0.3 is 9.64 Å². The third-order valence-corrected chi connectivity index (χ3v) is 3.69. The fraction of sp³-hybridized carbons (Fsp3) is 0.667. The van der Waals surface area contributed by atoms with Gasteiger partial charge in [-0.15, -0.1) is 0 Å². The van der Waals surface area contributed by atoms with Crippen molar-refractivity contribution in [3.63, 3.8) is 0 Å². The molecule has 1 aromatic heterocycles. The van der Waals surface area contributed by atoms with Crippen molar-refractivity contribution < 1.29 is 4.74 Å². The lowest BCUT2D eigenvalue weighted by Crippen LogP contribution is -2.47. The maximum absolute atomic E-state index is 5.41. The van der Waals surface area contributed by atoms with Crippen LogP contribution in [0, 0.1) is 0 Å². The second kappa shape index (κ2) is 8.25. The Kier molecular flexibility index (Phi) is 6.27. The highest BCUT2D eigenvalue weighted by atomic mass is 16.5. The predicted octanol–water partition coefficient (Wildman–Crippen LogP) is 1.28. The van der Waals surface area contributed by atoms with Gasteiger partial charge in [0.15, 0.2) is 0 Å². The van der Waals surface area contributed by atoms with Crippen molar-refractivity contribution in [2.24, 2.45) is 0 Å². The van der Waals surface area contributed by atoms with E-state index >= 15 is 0 Å². The number of aromatic nitrogens is 1. The molecule has 1 aromatic rings. The summed E-state index contributed by atoms with van der Waals surface area (Å²) in [5, 5.41) is 0. The fourth-order valence-electron chi connectivity index (χ4n) is 2.41. The topological polar surface area (TPSA) is 28.6 Å². The lowest BCUT2D eigenvalue weighted by molar-refractivity contribution is 0.0813. The first-order valence-corrected chi connectivity index (χ1v) is 7.30. The van der Waals surface area contributed by atoms with Gasteiger partial charge in [-0.05, 0) is 31.0 Å². The molecule has 1 aliphatic rings. The molecular weight excluding hydrogens is 238 g/mol. The van der Waals surface area contributed by atoms with Crippen LogP contribution in [0.3, 0.4) is 0 Å². The molecule has 4 heteroatoms. The van der Waals surface area contributed by atoms with Crippen LogP contribution >= 0.6 is 0 Å². The summed E-state index contributed by atoms with van der Waals surface area (Å²) in [6, 6.07) is 4.22. The van der Waals surface area contributed by atoms with E-state index in [-0.39, 0.29) is 0 Å². The second-order valence-corrected chi connectivity index (χ2v) is 4.99. The van der Waals surface area contributed by atoms with Crippen molar-refractivity contribution in [2.45, 2.75) is 13.3 Å². The molecule has 4 nitrogen and oxygen atoms in total. The average molecular weight is 263 g/mol. The predicted molar refractivity (Wildman–Crippen MR) is 77.3 cm³/mol. The minimum atomic E-state index is 0.825. The summed E-state index contributed by atoms with van der Waals surface area (Å²) in [6.45, 7) is 10.7. The van der Waals surface area contributed by atoms with Crippen molar-refractivity contribution in [1.82, 2.24) is 14.8 Å². The van der Waals surface area contributed by atoms with Gasteiger partial charge in [0, 0.05) is 58.3 Å². The Bertz CT molecular complexity index is 337. The molecule has 1 saturated heterocycles. The highest BCUT2D eigenvalue weighted by Crippen LogP contribution is 2.04. The zero-order valence-electron chi connectivity index (χ0n) is 11.9. The van der Waals surface area contributed by atoms with E-state index in [4.69, 9.17) is 4.74 Å². The van der Waals surface area contributed by atoms with Crippen LogP contribution in [-0.2, 0) is 11.2 Å². The highest BCUT2D eigenvalue weighted by Gasteiger charge is 2.15. The number of hydrogen-bond acceptors (Lipinski definition) is 4. The molecule has 2 heterocycles. The lowest BCUT2D eigenvalue weighted by Gasteiger charge is -2.34. The molecule has 1 aliphatic heterocycles. The highest BCUT2D eigenvalue weighted by molar-refractivity contribution is 5.09. The molecule has 0 N–H and O–H groups in total. The van der Waals surface area contributed by atoms with E-state index in [0.717, 1.165) is 32.7 Å². The van der Waals surface area contributed by atoms with Gasteiger partial charge in [0.25, 0.3) is 0 Å². The molecule has 0 radical (unpaired) electrons. The summed E-state index contributed by atoms with van der Waals surface area (Å²) >= 11 is 0. The zero-order chi connectivity index (χ0) is 13.3. The maximum atomic E-state index is 5.41. The number of nitrogens with zero attached hydrogens (tertiary/aromatic N) is 3. The Morgan fingerprint density at radius 1 is 1.05 bits per heavy atom. The molecule has 0 saturated carbocycles. The van der Waals surface area contributed by atoms with Gasteiger partial charge in [0.1, 0.15) is 0 Å². The molecule has 0 aliphatic carbocycles. The number of hydrogen-bond donors (Lipinski definition) is 0. The Hall–Kier alpha value is -0.970. The van der Waals surface area contributed by atoms with Crippen molar-refractivity contribution in [2.75, 3.05) is 52.5 Å². The Balaban J connectivity index is 1.61. The van der Waals surface area contributed by atoms with Gasteiger partial charge in [-0.25, -0.2) is 0 Å². The summed E-state index contributed by atoms with van der Waals surface area (Å²) in [5.74, 6) is 0. The molecule has 0 atom stereocenters. The van der Waals surface area contributed by atoms with E-state index in [9.17, 15) is 0 Å². The van der Waals surface area contributed by atoms with Crippen molar-refractivity contribution in [1.29, 1.82) is 0 Å². The number of pyridine rings is 1. The van der Waals surface area contributed by atoms with Gasteiger partial charge in [0.05, 0.1) is 6.61 Å². The van der Waals surface area contributed by atoms with Crippen LogP contribution in [-0.4, -0.2) is 67.3 Å². The minimum absolute atomic E-state index is 0.825. The van der Waals surface area contributed by atoms with Crippen LogP contribution in [0.2, 0.25) is 0 Å². The van der Waals surface area contributed by atoms with Crippen LogP contribution in [0.25, 0.3) is 0 Å². The van der Waals surface area contributed by atoms with Gasteiger partial charge >= 0.3 is 0 Å². The second-order valence-electron chi connectivity index (χ2n) is 4.99. The van der Waals surface area contributed by atoms with Crippen LogP contribution in [0.4, 0.5) is 0 Å². The first-order valence-electron chi connectivity index (χ1n) is 7.30. The molecule has 0 amide bonds. The van der Waals surface area contributed by atoms with Gasteiger partial charge in [-0.1, -0.05) is 0 Å². The van der Waals surface area contributed by atoms with E-state index < -0.39 is 0 Å². The SMILES string of the molecule is CCOCCN1CCN(CCc2ccncc2)CC1. The summed E-state index contributed by atoms with van der Waals surface area (Å²) in [5.41, 5.74) is 1.38. The quantitative estimate of drug-likeness (QED) is 0.693. The Morgan fingerprint density at radius 3 is 2.32 bits per heavy atom. The summed E-state index contributed by atoms with van der Waals surface area (Å²) in [4.78, 5) is 9.11. The van der Waals surface area contributed by atoms with Crippen molar-refractivity contribution >= 4 is 0 Å². The maximum Gasteiger partial charge on any atom is 0.0593 e. The average Bonchev–Trinajstić information content (AvgIpc) is 2.48. The first kappa shape index (κ1) is 14.4. The molecule has 2 rings (SSSR count). The number of piperazine rings is 1. The largest absolute Gasteiger partial charge is 0.380 e. The van der Waals surface area contributed by atoms with E-state index in [1.807, 2.05) is 12.4 Å². The van der Waals surface area contributed by atoms with E-state index in [0.29, 0.717) is 0 Å². The Labute approximate surface area is 116 Å². The van der Waals surface area contributed by atoms with Gasteiger partial charge in [-0.3, -0.25) is 9.88 Å². The summed E-state index contributed by atoms with van der Waals surface area (Å²) in [6.07, 6.45) is 4.88. The Morgan fingerprint density at radius 2 is 1.68 bits per heavy atom. The molecule has 106 valence electrons. The molecule has 0 bridgehead atoms. The van der Waals surface area contributed by atoms with Crippen molar-refractivity contribution in [3.8, 4) is 0 Å². The van der Waals surface area contributed by atoms with Gasteiger partial charge in [0.2, 0.25) is 0 Å². The van der Waals surface area contributed by atoms with Crippen LogP contribution < -0.4 is 0 Å². The smallest absolute Gasteiger partial charge is 0.0593 e. The van der Waals surface area contributed by atoms with E-state index in [2.05, 4.69) is 33.8 Å². The first-order chi connectivity index (χ1) is 9.38. The number of rotatable bonds is 7. The fourth-order valence-corrected chi connectivity index (χ4v) is 2.41. The molecule has 0 aromatic carbocycles. The lowest BCUT2D eigenvalue weighted by atomic mass is 10.2. The normalized spacial score (nSPS) is 17.7. The monoisotopic (exact) mass is 263 g/mol. The zero-order valence-corrected chi connectivity index (χ0v) is 11.9. The summed E-state index contributed by atoms with van der Waals surface area (Å²) < 4.78 is 5.41. The molecule has 19 heavy (non-hydrogen) atoms. The van der Waals surface area contributed by atoms with Crippen LogP contribution in [0.5, 0.6) is 0 Å². The van der Waals surface area contributed by atoms with E-state index in [1.165, 1.54) is 31.7 Å². The third-order valence-electron chi connectivity index (χ3n) is 3.69. The van der Waals surface area contributed by atoms with Crippen LogP contribution in [0.15, 0.2) is 24.5 Å². The third kappa shape index (κ3) is 5.27. The van der Waals surface area contributed by atoms with Crippen molar-refractivity contribution in [3.05, 3.63) is 30.1 Å². The van der Waals surface area contributed by atoms with E-state index in [1.54, 1.807) is 0 Å². The standard InChI is InChI=1S/C15H25N3O/c1-2-19-14-13-18-11-9-17(10-12-18)8-5-15-3-6-16-7-4-15/h3-4,6-7H,2,5,8-14H2,1H3. The number of ether oxygens (including phenoxy) is 1. The van der Waals surface area contributed by atoms with Gasteiger partial charge in [-0.2, -0.15) is 0 Å². The summed E-state index contributed by atoms with van der Waals surface area (Å²) in [7, 11) is 0. The molecular formula is C15H25N3O. The van der Waals surface area contributed by atoms with Crippen LogP contribution in [0.1, 0.15) is 12.5 Å².